The van der Waals surface area contributed by atoms with Gasteiger partial charge in [-0.1, -0.05) is 11.6 Å². The van der Waals surface area contributed by atoms with Crippen LogP contribution in [0.15, 0.2) is 40.9 Å². The number of nitrogens with zero attached hydrogens (tertiary/aromatic N) is 1. The van der Waals surface area contributed by atoms with E-state index in [9.17, 15) is 14.4 Å². The van der Waals surface area contributed by atoms with Crippen molar-refractivity contribution in [1.29, 1.82) is 0 Å². The van der Waals surface area contributed by atoms with E-state index < -0.39 is 11.9 Å². The molecule has 0 fully saturated rings. The van der Waals surface area contributed by atoms with Gasteiger partial charge in [0.15, 0.2) is 0 Å². The number of carbonyl (C=O) groups excluding carboxylic acids is 3. The second kappa shape index (κ2) is 5.79. The molecule has 1 aliphatic rings. The number of halogens is 2. The number of hydrogen-bond acceptors (Lipinski definition) is 4. The molecule has 116 valence electrons. The van der Waals surface area contributed by atoms with Crippen molar-refractivity contribution in [3.05, 3.63) is 62.6 Å². The predicted molar refractivity (Wildman–Crippen MR) is 87.0 cm³/mol. The van der Waals surface area contributed by atoms with E-state index in [0.29, 0.717) is 15.2 Å². The Morgan fingerprint density at radius 3 is 2.48 bits per heavy atom. The quantitative estimate of drug-likeness (QED) is 0.444. The van der Waals surface area contributed by atoms with E-state index in [2.05, 4.69) is 15.9 Å². The third kappa shape index (κ3) is 2.75. The highest BCUT2D eigenvalue weighted by atomic mass is 79.9. The molecule has 1 aliphatic heterocycles. The molecule has 0 atom stereocenters. The average molecular weight is 395 g/mol. The van der Waals surface area contributed by atoms with Crippen LogP contribution in [0.1, 0.15) is 31.1 Å². The minimum atomic E-state index is -0.634. The molecule has 2 aromatic rings. The zero-order valence-electron chi connectivity index (χ0n) is 11.8. The van der Waals surface area contributed by atoms with Crippen molar-refractivity contribution in [1.82, 2.24) is 4.90 Å². The molecule has 2 amide bonds. The van der Waals surface area contributed by atoms with Crippen LogP contribution in [0.2, 0.25) is 5.02 Å². The molecule has 0 bridgehead atoms. The second-order valence-corrected chi connectivity index (χ2v) is 6.18. The number of hydrogen-bond donors (Lipinski definition) is 0. The average Bonchev–Trinajstić information content (AvgIpc) is 2.74. The summed E-state index contributed by atoms with van der Waals surface area (Å²) < 4.78 is 5.81. The van der Waals surface area contributed by atoms with Crippen molar-refractivity contribution in [3.63, 3.8) is 0 Å². The van der Waals surface area contributed by atoms with Gasteiger partial charge in [0.25, 0.3) is 11.8 Å². The third-order valence-corrected chi connectivity index (χ3v) is 4.28. The van der Waals surface area contributed by atoms with Gasteiger partial charge in [0.1, 0.15) is 5.75 Å². The van der Waals surface area contributed by atoms with Gasteiger partial charge in [-0.25, -0.2) is 4.79 Å². The number of rotatable bonds is 2. The summed E-state index contributed by atoms with van der Waals surface area (Å²) in [6.45, 7) is 0. The Labute approximate surface area is 144 Å². The standard InChI is InChI=1S/C16H9BrClNO4/c1-19-14(20)10-4-2-8(6-11(10)15(19)21)16(22)23-13-5-3-9(18)7-12(13)17/h2-7H,1H3. The summed E-state index contributed by atoms with van der Waals surface area (Å²) in [6.07, 6.45) is 0. The van der Waals surface area contributed by atoms with Crippen LogP contribution in [0.3, 0.4) is 0 Å². The molecule has 0 aromatic heterocycles. The van der Waals surface area contributed by atoms with E-state index in [0.717, 1.165) is 4.90 Å². The second-order valence-electron chi connectivity index (χ2n) is 4.89. The lowest BCUT2D eigenvalue weighted by Crippen LogP contribution is -2.24. The molecule has 0 aliphatic carbocycles. The van der Waals surface area contributed by atoms with Crippen molar-refractivity contribution in [2.75, 3.05) is 7.05 Å². The third-order valence-electron chi connectivity index (χ3n) is 3.42. The number of benzene rings is 2. The monoisotopic (exact) mass is 393 g/mol. The molecule has 0 radical (unpaired) electrons. The SMILES string of the molecule is CN1C(=O)c2ccc(C(=O)Oc3ccc(Cl)cc3Br)cc2C1=O. The molecule has 1 heterocycles. The van der Waals surface area contributed by atoms with Crippen molar-refractivity contribution >= 4 is 45.3 Å². The van der Waals surface area contributed by atoms with Crippen LogP contribution < -0.4 is 4.74 Å². The van der Waals surface area contributed by atoms with Crippen LogP contribution in [0.25, 0.3) is 0 Å². The van der Waals surface area contributed by atoms with Gasteiger partial charge in [0.2, 0.25) is 0 Å². The Morgan fingerprint density at radius 2 is 1.78 bits per heavy atom. The summed E-state index contributed by atoms with van der Waals surface area (Å²) in [5, 5.41) is 0.501. The maximum atomic E-state index is 12.2. The topological polar surface area (TPSA) is 63.7 Å². The number of imide groups is 1. The summed E-state index contributed by atoms with van der Waals surface area (Å²) in [7, 11) is 1.40. The van der Waals surface area contributed by atoms with E-state index in [4.69, 9.17) is 16.3 Å². The Morgan fingerprint density at radius 1 is 1.09 bits per heavy atom. The summed E-state index contributed by atoms with van der Waals surface area (Å²) in [5.41, 5.74) is 0.658. The van der Waals surface area contributed by atoms with E-state index in [1.807, 2.05) is 0 Å². The highest BCUT2D eigenvalue weighted by Gasteiger charge is 2.33. The highest BCUT2D eigenvalue weighted by Crippen LogP contribution is 2.29. The summed E-state index contributed by atoms with van der Waals surface area (Å²) in [6, 6.07) is 9.02. The Hall–Kier alpha value is -2.18. The summed E-state index contributed by atoms with van der Waals surface area (Å²) in [5.74, 6) is -1.15. The molecular formula is C16H9BrClNO4. The Kier molecular flexibility index (Phi) is 3.95. The number of carbonyl (C=O) groups is 3. The molecule has 2 aromatic carbocycles. The molecule has 5 nitrogen and oxygen atoms in total. The number of esters is 1. The van der Waals surface area contributed by atoms with Gasteiger partial charge in [0, 0.05) is 12.1 Å². The normalized spacial score (nSPS) is 13.3. The lowest BCUT2D eigenvalue weighted by atomic mass is 10.1. The van der Waals surface area contributed by atoms with E-state index in [1.54, 1.807) is 18.2 Å². The lowest BCUT2D eigenvalue weighted by molar-refractivity contribution is 0.0691. The molecule has 0 N–H and O–H groups in total. The number of ether oxygens (including phenoxy) is 1. The van der Waals surface area contributed by atoms with Gasteiger partial charge in [-0.05, 0) is 52.3 Å². The molecule has 0 unspecified atom stereocenters. The van der Waals surface area contributed by atoms with Crippen molar-refractivity contribution in [3.8, 4) is 5.75 Å². The first-order valence-corrected chi connectivity index (χ1v) is 7.69. The van der Waals surface area contributed by atoms with Gasteiger partial charge < -0.3 is 4.74 Å². The predicted octanol–water partition coefficient (Wildman–Crippen LogP) is 3.55. The van der Waals surface area contributed by atoms with Crippen molar-refractivity contribution in [2.45, 2.75) is 0 Å². The lowest BCUT2D eigenvalue weighted by Gasteiger charge is -2.07. The van der Waals surface area contributed by atoms with Gasteiger partial charge >= 0.3 is 5.97 Å². The fourth-order valence-electron chi connectivity index (χ4n) is 2.21. The molecule has 0 saturated carbocycles. The largest absolute Gasteiger partial charge is 0.422 e. The summed E-state index contributed by atoms with van der Waals surface area (Å²) in [4.78, 5) is 37.0. The first kappa shape index (κ1) is 15.7. The molecule has 0 spiro atoms. The zero-order chi connectivity index (χ0) is 16.7. The Bertz CT molecular complexity index is 865. The zero-order valence-corrected chi connectivity index (χ0v) is 14.1. The van der Waals surface area contributed by atoms with Gasteiger partial charge in [-0.15, -0.1) is 0 Å². The first-order chi connectivity index (χ1) is 10.9. The molecule has 23 heavy (non-hydrogen) atoms. The Balaban J connectivity index is 1.90. The molecule has 0 saturated heterocycles. The van der Waals surface area contributed by atoms with Gasteiger partial charge in [0.05, 0.1) is 21.2 Å². The van der Waals surface area contributed by atoms with E-state index >= 15 is 0 Å². The van der Waals surface area contributed by atoms with Crippen LogP contribution in [-0.4, -0.2) is 29.7 Å². The fraction of sp³-hybridized carbons (Fsp3) is 0.0625. The number of amides is 2. The number of fused-ring (bicyclic) bond motifs is 1. The van der Waals surface area contributed by atoms with Crippen LogP contribution >= 0.6 is 27.5 Å². The first-order valence-electron chi connectivity index (χ1n) is 6.52. The van der Waals surface area contributed by atoms with Crippen LogP contribution in [0.4, 0.5) is 0 Å². The van der Waals surface area contributed by atoms with Crippen molar-refractivity contribution in [2.24, 2.45) is 0 Å². The van der Waals surface area contributed by atoms with Crippen LogP contribution in [0.5, 0.6) is 5.75 Å². The van der Waals surface area contributed by atoms with E-state index in [1.165, 1.54) is 25.2 Å². The molecule has 7 heteroatoms. The highest BCUT2D eigenvalue weighted by molar-refractivity contribution is 9.10. The van der Waals surface area contributed by atoms with Gasteiger partial charge in [-0.2, -0.15) is 0 Å². The minimum Gasteiger partial charge on any atom is -0.422 e. The maximum Gasteiger partial charge on any atom is 0.343 e. The van der Waals surface area contributed by atoms with Crippen LogP contribution in [-0.2, 0) is 0 Å². The fourth-order valence-corrected chi connectivity index (χ4v) is 2.97. The smallest absolute Gasteiger partial charge is 0.343 e. The van der Waals surface area contributed by atoms with Gasteiger partial charge in [-0.3, -0.25) is 14.5 Å². The molecule has 3 rings (SSSR count). The minimum absolute atomic E-state index is 0.182. The van der Waals surface area contributed by atoms with Crippen LogP contribution in [0, 0.1) is 0 Å². The summed E-state index contributed by atoms with van der Waals surface area (Å²) >= 11 is 9.09. The molecular weight excluding hydrogens is 386 g/mol. The van der Waals surface area contributed by atoms with E-state index in [-0.39, 0.29) is 22.6 Å². The van der Waals surface area contributed by atoms with Crippen molar-refractivity contribution < 1.29 is 19.1 Å². The maximum absolute atomic E-state index is 12.2.